The van der Waals surface area contributed by atoms with Crippen LogP contribution in [0.1, 0.15) is 96.9 Å². The van der Waals surface area contributed by atoms with Crippen molar-refractivity contribution in [3.63, 3.8) is 0 Å². The highest BCUT2D eigenvalue weighted by Crippen LogP contribution is 2.35. The number of urea groups is 2. The minimum Gasteiger partial charge on any atom is -0.369 e. The first-order valence-electron chi connectivity index (χ1n) is 19.4. The third kappa shape index (κ3) is 15.5. The minimum absolute atomic E-state index is 0.120. The predicted molar refractivity (Wildman–Crippen MR) is 204 cm³/mol. The number of methoxy groups -OCH3 is 4. The van der Waals surface area contributed by atoms with Gasteiger partial charge in [0.05, 0.1) is 6.73 Å². The molecule has 1 aromatic heterocycles. The number of hydrogen-bond donors (Lipinski definition) is 1. The van der Waals surface area contributed by atoms with E-state index in [-0.39, 0.29) is 39.0 Å². The van der Waals surface area contributed by atoms with Crippen LogP contribution in [0.25, 0.3) is 0 Å². The van der Waals surface area contributed by atoms with E-state index in [4.69, 9.17) is 37.9 Å². The van der Waals surface area contributed by atoms with Crippen LogP contribution in [-0.4, -0.2) is 161 Å². The lowest BCUT2D eigenvalue weighted by atomic mass is 10.3. The van der Waals surface area contributed by atoms with Crippen LogP contribution in [0.2, 0.25) is 0 Å². The monoisotopic (exact) mass is 788 g/mol. The van der Waals surface area contributed by atoms with E-state index in [0.29, 0.717) is 64.2 Å². The summed E-state index contributed by atoms with van der Waals surface area (Å²) in [5, 5.41) is 3.01. The third-order valence-electron chi connectivity index (χ3n) is 8.51. The second-order valence-corrected chi connectivity index (χ2v) is 13.0. The summed E-state index contributed by atoms with van der Waals surface area (Å²) < 4.78 is 43.8. The van der Waals surface area contributed by atoms with Gasteiger partial charge in [0.15, 0.2) is 24.4 Å². The molecule has 2 aliphatic heterocycles. The van der Waals surface area contributed by atoms with Crippen molar-refractivity contribution < 1.29 is 47.5 Å². The Kier molecular flexibility index (Phi) is 24.9. The van der Waals surface area contributed by atoms with E-state index in [1.165, 1.54) is 0 Å². The topological polar surface area (TPSA) is 175 Å². The van der Waals surface area contributed by atoms with Gasteiger partial charge in [0.2, 0.25) is 5.95 Å². The number of unbranched alkanes of at least 4 members (excludes halogenated alkanes) is 4. The van der Waals surface area contributed by atoms with Crippen LogP contribution in [-0.2, 0) is 37.9 Å². The molecule has 2 aliphatic rings. The van der Waals surface area contributed by atoms with Crippen molar-refractivity contribution in [1.29, 1.82) is 0 Å². The predicted octanol–water partition coefficient (Wildman–Crippen LogP) is 4.24. The van der Waals surface area contributed by atoms with Crippen molar-refractivity contribution in [2.45, 2.75) is 105 Å². The van der Waals surface area contributed by atoms with Gasteiger partial charge in [-0.1, -0.05) is 53.4 Å². The van der Waals surface area contributed by atoms with Crippen LogP contribution in [0.4, 0.5) is 15.5 Å². The number of nitrogens with one attached hydrogen (secondary N) is 1. The second-order valence-electron chi connectivity index (χ2n) is 13.0. The first kappa shape index (κ1) is 48.1. The van der Waals surface area contributed by atoms with Crippen LogP contribution in [0, 0.1) is 6.92 Å². The van der Waals surface area contributed by atoms with Crippen molar-refractivity contribution in [3.05, 3.63) is 11.6 Å². The number of anilines is 1. The van der Waals surface area contributed by atoms with Gasteiger partial charge in [-0.2, -0.15) is 9.97 Å². The van der Waals surface area contributed by atoms with Gasteiger partial charge in [-0.05, 0) is 32.6 Å². The van der Waals surface area contributed by atoms with Gasteiger partial charge in [-0.25, -0.2) is 14.6 Å². The van der Waals surface area contributed by atoms with Crippen LogP contribution >= 0.6 is 0 Å². The summed E-state index contributed by atoms with van der Waals surface area (Å²) in [5.74, 6) is 1.50. The summed E-state index contributed by atoms with van der Waals surface area (Å²) in [7, 11) is 6.34. The van der Waals surface area contributed by atoms with Gasteiger partial charge in [0.25, 0.3) is 0 Å². The molecule has 0 bridgehead atoms. The average molecular weight is 788 g/mol. The number of carbonyl (C=O) groups is 2. The molecule has 0 aromatic carbocycles. The van der Waals surface area contributed by atoms with E-state index in [2.05, 4.69) is 48.0 Å². The largest absolute Gasteiger partial charge is 0.369 e. The summed E-state index contributed by atoms with van der Waals surface area (Å²) in [5.41, 5.74) is 0. The molecule has 55 heavy (non-hydrogen) atoms. The molecule has 1 unspecified atom stereocenters. The summed E-state index contributed by atoms with van der Waals surface area (Å²) >= 11 is 0. The molecule has 0 radical (unpaired) electrons. The van der Waals surface area contributed by atoms with Gasteiger partial charge in [0, 0.05) is 54.9 Å². The van der Waals surface area contributed by atoms with Crippen molar-refractivity contribution in [2.24, 2.45) is 0 Å². The summed E-state index contributed by atoms with van der Waals surface area (Å²) in [6.07, 6.45) is 6.18. The number of aromatic nitrogens is 3. The summed E-state index contributed by atoms with van der Waals surface area (Å²) in [6.45, 7) is 13.8. The maximum atomic E-state index is 13.4. The molecule has 19 nitrogen and oxygen atoms in total. The fourth-order valence-corrected chi connectivity index (χ4v) is 5.58. The Balaban J connectivity index is 0.000000426. The molecule has 0 spiro atoms. The third-order valence-corrected chi connectivity index (χ3v) is 8.51. The van der Waals surface area contributed by atoms with E-state index < -0.39 is 18.6 Å². The van der Waals surface area contributed by atoms with Gasteiger partial charge in [-0.3, -0.25) is 29.8 Å². The van der Waals surface area contributed by atoms with Gasteiger partial charge < -0.3 is 37.9 Å². The maximum absolute atomic E-state index is 13.4. The number of fused-ring (bicyclic) bond motifs is 1. The number of nitrogens with zero attached hydrogens (tertiary/aromatic N) is 8. The Labute approximate surface area is 328 Å². The lowest BCUT2D eigenvalue weighted by Gasteiger charge is -2.29. The minimum atomic E-state index is -0.521. The standard InChI is InChI=1S/C24H46N4O6.C12H23N5O4/c1-5-9-13-31-17-25-21-22(27(23(25)29)19-33-15-11-7-3)28(20-34-16-12-8-4)24(30)26(21)18-32-14-10-6-2;1-9-14-10(11(21-5)13-6-18-2)16-12(15-9)17(7-19-3)8-20-4/h21-22H,5-20H2,1-4H3;11,13H,6-8H2,1-5H3. The van der Waals surface area contributed by atoms with Crippen molar-refractivity contribution in [3.8, 4) is 0 Å². The van der Waals surface area contributed by atoms with Crippen LogP contribution in [0.3, 0.4) is 0 Å². The first-order valence-corrected chi connectivity index (χ1v) is 19.4. The average Bonchev–Trinajstić information content (AvgIpc) is 3.60. The molecule has 2 saturated heterocycles. The van der Waals surface area contributed by atoms with E-state index >= 15 is 0 Å². The van der Waals surface area contributed by atoms with Crippen LogP contribution < -0.4 is 10.2 Å². The highest BCUT2D eigenvalue weighted by atomic mass is 16.5. The Bertz CT molecular complexity index is 1090. The normalized spacial score (nSPS) is 17.3. The van der Waals surface area contributed by atoms with Crippen LogP contribution in [0.5, 0.6) is 0 Å². The van der Waals surface area contributed by atoms with Gasteiger partial charge in [0.1, 0.15) is 46.2 Å². The molecule has 3 rings (SSSR count). The zero-order valence-corrected chi connectivity index (χ0v) is 34.8. The van der Waals surface area contributed by atoms with Crippen molar-refractivity contribution >= 4 is 18.0 Å². The van der Waals surface area contributed by atoms with Gasteiger partial charge in [-0.15, -0.1) is 0 Å². The lowest BCUT2D eigenvalue weighted by Crippen LogP contribution is -2.48. The second kappa shape index (κ2) is 28.4. The number of amides is 4. The molecule has 0 aliphatic carbocycles. The van der Waals surface area contributed by atoms with Crippen molar-refractivity contribution in [2.75, 3.05) is 107 Å². The fourth-order valence-electron chi connectivity index (χ4n) is 5.58. The quantitative estimate of drug-likeness (QED) is 0.0865. The smallest absolute Gasteiger partial charge is 0.327 e. The van der Waals surface area contributed by atoms with E-state index in [9.17, 15) is 9.59 Å². The number of rotatable bonds is 30. The first-order chi connectivity index (χ1) is 26.8. The Morgan fingerprint density at radius 2 is 1.02 bits per heavy atom. The molecule has 3 heterocycles. The molecular formula is C36H69N9O10. The zero-order chi connectivity index (χ0) is 40.4. The van der Waals surface area contributed by atoms with E-state index in [1.54, 1.807) is 59.9 Å². The summed E-state index contributed by atoms with van der Waals surface area (Å²) in [6, 6.07) is -0.403. The highest BCUT2D eigenvalue weighted by Gasteiger charge is 2.59. The molecule has 0 saturated carbocycles. The van der Waals surface area contributed by atoms with Crippen LogP contribution in [0.15, 0.2) is 0 Å². The maximum Gasteiger partial charge on any atom is 0.327 e. The SMILES string of the molecule is CCCCOCN1C(=O)N(COCCCC)C2C1N(COCCCC)C(=O)N2COCCCC.COCNC(OC)c1nc(C)nc(N(COC)COC)n1. The number of hydrogen-bond acceptors (Lipinski definition) is 15. The Morgan fingerprint density at radius 3 is 1.35 bits per heavy atom. The van der Waals surface area contributed by atoms with Gasteiger partial charge >= 0.3 is 12.1 Å². The number of carbonyl (C=O) groups excluding carboxylic acids is 2. The van der Waals surface area contributed by atoms with E-state index in [1.807, 2.05) is 0 Å². The molecule has 2 fully saturated rings. The Hall–Kier alpha value is -3.01. The summed E-state index contributed by atoms with van der Waals surface area (Å²) in [4.78, 5) is 48.1. The number of ether oxygens (including phenoxy) is 8. The highest BCUT2D eigenvalue weighted by molar-refractivity contribution is 5.85. The molecular weight excluding hydrogens is 718 g/mol. The molecule has 1 aromatic rings. The molecule has 1 atom stereocenters. The fraction of sp³-hybridized carbons (Fsp3) is 0.861. The van der Waals surface area contributed by atoms with E-state index in [0.717, 1.165) is 51.4 Å². The molecule has 19 heteroatoms. The lowest BCUT2D eigenvalue weighted by molar-refractivity contribution is -0.0367. The number of aryl methyl sites for hydroxylation is 1. The molecule has 4 amide bonds. The zero-order valence-electron chi connectivity index (χ0n) is 34.8. The molecule has 1 N–H and O–H groups in total. The van der Waals surface area contributed by atoms with Crippen molar-refractivity contribution in [1.82, 2.24) is 39.9 Å². The Morgan fingerprint density at radius 1 is 0.618 bits per heavy atom. The molecule has 318 valence electrons.